The van der Waals surface area contributed by atoms with Gasteiger partial charge in [-0.25, -0.2) is 9.79 Å². The monoisotopic (exact) mass is 484 g/mol. The van der Waals surface area contributed by atoms with Gasteiger partial charge in [-0.1, -0.05) is 23.5 Å². The third-order valence-electron chi connectivity index (χ3n) is 5.11. The van der Waals surface area contributed by atoms with E-state index in [-0.39, 0.29) is 12.2 Å². The van der Waals surface area contributed by atoms with Crippen molar-refractivity contribution in [2.75, 3.05) is 20.3 Å². The number of hydrogen-bond donors (Lipinski definition) is 0. The zero-order valence-electron chi connectivity index (χ0n) is 18.8. The number of thiophene rings is 1. The van der Waals surface area contributed by atoms with Gasteiger partial charge in [0.25, 0.3) is 5.56 Å². The Hall–Kier alpha value is -3.17. The van der Waals surface area contributed by atoms with Crippen LogP contribution in [0.25, 0.3) is 6.08 Å². The van der Waals surface area contributed by atoms with E-state index >= 15 is 0 Å². The largest absolute Gasteiger partial charge is 0.493 e. The molecule has 2 aromatic heterocycles. The molecule has 1 aromatic carbocycles. The van der Waals surface area contributed by atoms with E-state index < -0.39 is 12.0 Å². The summed E-state index contributed by atoms with van der Waals surface area (Å²) in [6, 6.07) is 8.77. The SMILES string of the molecule is CCOC(=O)C1=C(C)N=c2s/c(=C\c3ccc(OCC)c(OC)c3)c(=O)n2C1c1cccs1. The van der Waals surface area contributed by atoms with Gasteiger partial charge in [-0.2, -0.15) is 0 Å². The van der Waals surface area contributed by atoms with Crippen molar-refractivity contribution in [3.63, 3.8) is 0 Å². The van der Waals surface area contributed by atoms with Crippen LogP contribution in [0.3, 0.4) is 0 Å². The lowest BCUT2D eigenvalue weighted by atomic mass is 10.0. The third-order valence-corrected chi connectivity index (χ3v) is 7.02. The number of hydrogen-bond acceptors (Lipinski definition) is 8. The first kappa shape index (κ1) is 23.0. The lowest BCUT2D eigenvalue weighted by molar-refractivity contribution is -0.139. The zero-order chi connectivity index (χ0) is 23.5. The molecule has 0 bridgehead atoms. The fourth-order valence-electron chi connectivity index (χ4n) is 3.71. The molecule has 0 aliphatic carbocycles. The van der Waals surface area contributed by atoms with Crippen LogP contribution in [0.1, 0.15) is 37.3 Å². The van der Waals surface area contributed by atoms with Crippen molar-refractivity contribution in [1.29, 1.82) is 0 Å². The molecule has 1 unspecified atom stereocenters. The van der Waals surface area contributed by atoms with Crippen LogP contribution < -0.4 is 24.4 Å². The highest BCUT2D eigenvalue weighted by Gasteiger charge is 2.33. The minimum absolute atomic E-state index is 0.209. The van der Waals surface area contributed by atoms with Crippen LogP contribution in [-0.4, -0.2) is 30.9 Å². The first-order valence-corrected chi connectivity index (χ1v) is 12.2. The number of allylic oxidation sites excluding steroid dienone is 1. The van der Waals surface area contributed by atoms with Gasteiger partial charge in [0, 0.05) is 4.88 Å². The van der Waals surface area contributed by atoms with Gasteiger partial charge in [-0.15, -0.1) is 11.3 Å². The lowest BCUT2D eigenvalue weighted by Crippen LogP contribution is -2.39. The summed E-state index contributed by atoms with van der Waals surface area (Å²) in [6.07, 6.45) is 1.80. The first-order valence-electron chi connectivity index (χ1n) is 10.5. The second-order valence-electron chi connectivity index (χ2n) is 7.16. The van der Waals surface area contributed by atoms with Crippen molar-refractivity contribution < 1.29 is 19.0 Å². The number of rotatable bonds is 7. The number of fused-ring (bicyclic) bond motifs is 1. The maximum Gasteiger partial charge on any atom is 0.338 e. The molecule has 0 radical (unpaired) electrons. The number of aromatic nitrogens is 1. The van der Waals surface area contributed by atoms with E-state index in [1.165, 1.54) is 22.7 Å². The van der Waals surface area contributed by atoms with E-state index in [0.29, 0.717) is 38.7 Å². The van der Waals surface area contributed by atoms with E-state index in [1.807, 2.05) is 42.6 Å². The number of benzene rings is 1. The fraction of sp³-hybridized carbons (Fsp3) is 0.292. The lowest BCUT2D eigenvalue weighted by Gasteiger charge is -2.23. The fourth-order valence-corrected chi connectivity index (χ4v) is 5.58. The van der Waals surface area contributed by atoms with E-state index in [4.69, 9.17) is 14.2 Å². The normalized spacial score (nSPS) is 15.8. The average Bonchev–Trinajstić information content (AvgIpc) is 3.43. The summed E-state index contributed by atoms with van der Waals surface area (Å²) in [5.74, 6) is 0.781. The average molecular weight is 485 g/mol. The van der Waals surface area contributed by atoms with Crippen LogP contribution in [0, 0.1) is 0 Å². The van der Waals surface area contributed by atoms with E-state index in [1.54, 1.807) is 31.6 Å². The second kappa shape index (κ2) is 9.76. The highest BCUT2D eigenvalue weighted by molar-refractivity contribution is 7.10. The van der Waals surface area contributed by atoms with Gasteiger partial charge in [-0.05, 0) is 56.0 Å². The molecule has 0 saturated carbocycles. The smallest absolute Gasteiger partial charge is 0.338 e. The molecule has 172 valence electrons. The van der Waals surface area contributed by atoms with Crippen molar-refractivity contribution in [2.45, 2.75) is 26.8 Å². The van der Waals surface area contributed by atoms with Crippen molar-refractivity contribution >= 4 is 34.7 Å². The number of methoxy groups -OCH3 is 1. The van der Waals surface area contributed by atoms with Crippen LogP contribution in [0.4, 0.5) is 0 Å². The molecule has 3 heterocycles. The Morgan fingerprint density at radius 1 is 1.21 bits per heavy atom. The Bertz CT molecular complexity index is 1380. The van der Waals surface area contributed by atoms with Gasteiger partial charge in [0.05, 0.1) is 36.1 Å². The Kier molecular flexibility index (Phi) is 6.80. The predicted octanol–water partition coefficient (Wildman–Crippen LogP) is 3.27. The summed E-state index contributed by atoms with van der Waals surface area (Å²) in [7, 11) is 1.58. The van der Waals surface area contributed by atoms with Crippen LogP contribution in [0.15, 0.2) is 56.8 Å². The predicted molar refractivity (Wildman–Crippen MR) is 129 cm³/mol. The molecule has 0 amide bonds. The topological polar surface area (TPSA) is 79.1 Å². The Morgan fingerprint density at radius 2 is 2.03 bits per heavy atom. The van der Waals surface area contributed by atoms with Crippen molar-refractivity contribution in [3.8, 4) is 11.5 Å². The summed E-state index contributed by atoms with van der Waals surface area (Å²) in [5.41, 5.74) is 1.54. The highest BCUT2D eigenvalue weighted by atomic mass is 32.1. The van der Waals surface area contributed by atoms with Crippen LogP contribution >= 0.6 is 22.7 Å². The van der Waals surface area contributed by atoms with Crippen LogP contribution in [0.5, 0.6) is 11.5 Å². The third kappa shape index (κ3) is 4.38. The summed E-state index contributed by atoms with van der Waals surface area (Å²) < 4.78 is 18.4. The summed E-state index contributed by atoms with van der Waals surface area (Å²) in [6.45, 7) is 6.22. The molecule has 4 rings (SSSR count). The number of esters is 1. The van der Waals surface area contributed by atoms with Gasteiger partial charge in [0.2, 0.25) is 0 Å². The quantitative estimate of drug-likeness (QED) is 0.481. The minimum atomic E-state index is -0.572. The van der Waals surface area contributed by atoms with E-state index in [9.17, 15) is 9.59 Å². The Morgan fingerprint density at radius 3 is 2.70 bits per heavy atom. The van der Waals surface area contributed by atoms with Gasteiger partial charge in [-0.3, -0.25) is 9.36 Å². The molecule has 1 aliphatic rings. The summed E-state index contributed by atoms with van der Waals surface area (Å²) >= 11 is 2.78. The van der Waals surface area contributed by atoms with Gasteiger partial charge >= 0.3 is 5.97 Å². The van der Waals surface area contributed by atoms with Crippen LogP contribution in [-0.2, 0) is 9.53 Å². The number of nitrogens with zero attached hydrogens (tertiary/aromatic N) is 2. The second-order valence-corrected chi connectivity index (χ2v) is 9.15. The number of carbonyl (C=O) groups excluding carboxylic acids is 1. The van der Waals surface area contributed by atoms with Crippen molar-refractivity contribution in [2.24, 2.45) is 4.99 Å². The molecule has 1 atom stereocenters. The molecule has 0 fully saturated rings. The first-order chi connectivity index (χ1) is 16.0. The van der Waals surface area contributed by atoms with Crippen molar-refractivity contribution in [1.82, 2.24) is 4.57 Å². The molecule has 9 heteroatoms. The molecule has 1 aliphatic heterocycles. The maximum atomic E-state index is 13.5. The van der Waals surface area contributed by atoms with E-state index in [0.717, 1.165) is 10.4 Å². The molecular weight excluding hydrogens is 460 g/mol. The molecule has 33 heavy (non-hydrogen) atoms. The number of thiazole rings is 1. The van der Waals surface area contributed by atoms with E-state index in [2.05, 4.69) is 4.99 Å². The van der Waals surface area contributed by atoms with Gasteiger partial charge in [0.1, 0.15) is 6.04 Å². The highest BCUT2D eigenvalue weighted by Crippen LogP contribution is 2.33. The zero-order valence-corrected chi connectivity index (χ0v) is 20.4. The van der Waals surface area contributed by atoms with Gasteiger partial charge in [0.15, 0.2) is 16.3 Å². The minimum Gasteiger partial charge on any atom is -0.493 e. The molecule has 0 saturated heterocycles. The number of ether oxygens (including phenoxy) is 3. The molecular formula is C24H24N2O5S2. The standard InChI is InChI=1S/C24H24N2O5S2/c1-5-30-16-10-9-15(12-17(16)29-4)13-19-22(27)26-21(18-8-7-11-32-18)20(23(28)31-6-2)14(3)25-24(26)33-19/h7-13,21H,5-6H2,1-4H3/b19-13-. The van der Waals surface area contributed by atoms with Gasteiger partial charge < -0.3 is 14.2 Å². The molecule has 7 nitrogen and oxygen atoms in total. The Balaban J connectivity index is 1.87. The maximum absolute atomic E-state index is 13.5. The summed E-state index contributed by atoms with van der Waals surface area (Å²) in [5, 5.41) is 1.93. The number of carbonyl (C=O) groups is 1. The van der Waals surface area contributed by atoms with Crippen LogP contribution in [0.2, 0.25) is 0 Å². The molecule has 0 N–H and O–H groups in total. The molecule has 0 spiro atoms. The summed E-state index contributed by atoms with van der Waals surface area (Å²) in [4.78, 5) is 32.4. The Labute approximate surface area is 198 Å². The molecule has 3 aromatic rings. The van der Waals surface area contributed by atoms with Crippen molar-refractivity contribution in [3.05, 3.63) is 77.1 Å².